The van der Waals surface area contributed by atoms with E-state index in [-0.39, 0.29) is 18.6 Å². The van der Waals surface area contributed by atoms with E-state index in [0.717, 1.165) is 0 Å². The normalized spacial score (nSPS) is 12.7. The second kappa shape index (κ2) is 6.64. The molecule has 0 heterocycles. The molecule has 92 valence electrons. The van der Waals surface area contributed by atoms with Gasteiger partial charge in [-0.1, -0.05) is 29.3 Å². The summed E-state index contributed by atoms with van der Waals surface area (Å²) in [5, 5.41) is 12.4. The molecule has 1 aromatic rings. The van der Waals surface area contributed by atoms with Gasteiger partial charge in [0.2, 0.25) is 5.91 Å². The molecule has 0 aliphatic heterocycles. The van der Waals surface area contributed by atoms with Crippen LogP contribution in [0.5, 0.6) is 0 Å². The Labute approximate surface area is 110 Å². The molecule has 1 atom stereocenters. The van der Waals surface area contributed by atoms with E-state index in [1.807, 2.05) is 0 Å². The molecule has 0 aliphatic carbocycles. The minimum Gasteiger partial charge on any atom is -0.394 e. The van der Waals surface area contributed by atoms with Crippen molar-refractivity contribution in [1.82, 2.24) is 5.32 Å². The third-order valence-electron chi connectivity index (χ3n) is 2.04. The first-order chi connectivity index (χ1) is 8.02. The lowest BCUT2D eigenvalue weighted by atomic mass is 10.2. The number of aliphatic hydroxyl groups is 1. The van der Waals surface area contributed by atoms with Gasteiger partial charge in [0.1, 0.15) is 0 Å². The van der Waals surface area contributed by atoms with Gasteiger partial charge in [-0.05, 0) is 30.7 Å². The number of amides is 1. The smallest absolute Gasteiger partial charge is 0.244 e. The lowest BCUT2D eigenvalue weighted by molar-refractivity contribution is -0.117. The molecule has 0 aromatic heterocycles. The number of nitrogens with one attached hydrogen (secondary N) is 1. The second-order valence-electron chi connectivity index (χ2n) is 3.59. The molecular formula is C12H13Cl2NO2. The molecule has 0 saturated carbocycles. The molecule has 5 heteroatoms. The predicted octanol–water partition coefficient (Wildman–Crippen LogP) is 2.50. The highest BCUT2D eigenvalue weighted by Crippen LogP contribution is 2.21. The number of hydrogen-bond donors (Lipinski definition) is 2. The van der Waals surface area contributed by atoms with E-state index in [4.69, 9.17) is 28.3 Å². The summed E-state index contributed by atoms with van der Waals surface area (Å²) in [6.45, 7) is 1.61. The predicted molar refractivity (Wildman–Crippen MR) is 70.2 cm³/mol. The Morgan fingerprint density at radius 2 is 2.24 bits per heavy atom. The van der Waals surface area contributed by atoms with Crippen LogP contribution in [0.1, 0.15) is 12.5 Å². The van der Waals surface area contributed by atoms with Gasteiger partial charge in [-0.2, -0.15) is 0 Å². The minimum absolute atomic E-state index is 0.0960. The van der Waals surface area contributed by atoms with E-state index in [0.29, 0.717) is 15.6 Å². The topological polar surface area (TPSA) is 49.3 Å². The van der Waals surface area contributed by atoms with Crippen LogP contribution in [-0.4, -0.2) is 23.7 Å². The molecule has 0 spiro atoms. The summed E-state index contributed by atoms with van der Waals surface area (Å²) in [6, 6.07) is 4.76. The molecule has 0 unspecified atom stereocenters. The zero-order chi connectivity index (χ0) is 12.8. The van der Waals surface area contributed by atoms with E-state index in [1.54, 1.807) is 31.2 Å². The molecule has 0 bridgehead atoms. The van der Waals surface area contributed by atoms with Crippen LogP contribution in [0.25, 0.3) is 6.08 Å². The van der Waals surface area contributed by atoms with Crippen LogP contribution in [0, 0.1) is 0 Å². The average Bonchev–Trinajstić information content (AvgIpc) is 2.27. The van der Waals surface area contributed by atoms with Crippen molar-refractivity contribution < 1.29 is 9.90 Å². The molecule has 0 fully saturated rings. The monoisotopic (exact) mass is 273 g/mol. The highest BCUT2D eigenvalue weighted by atomic mass is 35.5. The molecule has 1 aromatic carbocycles. The Hall–Kier alpha value is -1.03. The zero-order valence-corrected chi connectivity index (χ0v) is 10.8. The fraction of sp³-hybridized carbons (Fsp3) is 0.250. The number of carbonyl (C=O) groups is 1. The Morgan fingerprint density at radius 1 is 1.53 bits per heavy atom. The Kier molecular flexibility index (Phi) is 5.48. The van der Waals surface area contributed by atoms with Crippen LogP contribution in [0.15, 0.2) is 24.3 Å². The number of benzene rings is 1. The van der Waals surface area contributed by atoms with Crippen molar-refractivity contribution in [2.75, 3.05) is 6.61 Å². The van der Waals surface area contributed by atoms with Crippen molar-refractivity contribution in [1.29, 1.82) is 0 Å². The Morgan fingerprint density at radius 3 is 2.82 bits per heavy atom. The van der Waals surface area contributed by atoms with Crippen molar-refractivity contribution in [3.63, 3.8) is 0 Å². The lowest BCUT2D eigenvalue weighted by Gasteiger charge is -2.07. The first-order valence-electron chi connectivity index (χ1n) is 5.07. The summed E-state index contributed by atoms with van der Waals surface area (Å²) in [7, 11) is 0. The summed E-state index contributed by atoms with van der Waals surface area (Å²) < 4.78 is 0. The fourth-order valence-corrected chi connectivity index (χ4v) is 1.61. The van der Waals surface area contributed by atoms with E-state index >= 15 is 0 Å². The third-order valence-corrected chi connectivity index (χ3v) is 2.60. The molecule has 1 amide bonds. The van der Waals surface area contributed by atoms with Crippen LogP contribution in [0.2, 0.25) is 10.0 Å². The van der Waals surface area contributed by atoms with Crippen molar-refractivity contribution in [2.45, 2.75) is 13.0 Å². The summed E-state index contributed by atoms with van der Waals surface area (Å²) in [5.74, 6) is -0.280. The van der Waals surface area contributed by atoms with Crippen LogP contribution in [0.4, 0.5) is 0 Å². The van der Waals surface area contributed by atoms with Gasteiger partial charge in [0, 0.05) is 22.2 Å². The SMILES string of the molecule is C[C@@H](CO)NC(=O)/C=C/c1ccc(Cl)cc1Cl. The molecular weight excluding hydrogens is 261 g/mol. The fourth-order valence-electron chi connectivity index (χ4n) is 1.14. The summed E-state index contributed by atoms with van der Waals surface area (Å²) in [4.78, 5) is 11.4. The van der Waals surface area contributed by atoms with Crippen LogP contribution < -0.4 is 5.32 Å². The lowest BCUT2D eigenvalue weighted by Crippen LogP contribution is -2.33. The van der Waals surface area contributed by atoms with Crippen molar-refractivity contribution in [3.05, 3.63) is 39.9 Å². The quantitative estimate of drug-likeness (QED) is 0.829. The standard InChI is InChI=1S/C12H13Cl2NO2/c1-8(7-16)15-12(17)5-3-9-2-4-10(13)6-11(9)14/h2-6,8,16H,7H2,1H3,(H,15,17)/b5-3+/t8-/m0/s1. The van der Waals surface area contributed by atoms with E-state index in [2.05, 4.69) is 5.32 Å². The van der Waals surface area contributed by atoms with Gasteiger partial charge in [-0.3, -0.25) is 4.79 Å². The zero-order valence-electron chi connectivity index (χ0n) is 9.28. The van der Waals surface area contributed by atoms with E-state index in [1.165, 1.54) is 6.08 Å². The maximum absolute atomic E-state index is 11.4. The van der Waals surface area contributed by atoms with Gasteiger partial charge in [0.15, 0.2) is 0 Å². The molecule has 2 N–H and O–H groups in total. The number of hydrogen-bond acceptors (Lipinski definition) is 2. The average molecular weight is 274 g/mol. The van der Waals surface area contributed by atoms with Crippen LogP contribution >= 0.6 is 23.2 Å². The molecule has 0 saturated heterocycles. The van der Waals surface area contributed by atoms with Gasteiger partial charge < -0.3 is 10.4 Å². The van der Waals surface area contributed by atoms with E-state index < -0.39 is 0 Å². The third kappa shape index (κ3) is 4.77. The second-order valence-corrected chi connectivity index (χ2v) is 4.44. The summed E-state index contributed by atoms with van der Waals surface area (Å²) in [6.07, 6.45) is 2.96. The first kappa shape index (κ1) is 14.0. The van der Waals surface area contributed by atoms with Gasteiger partial charge in [0.25, 0.3) is 0 Å². The van der Waals surface area contributed by atoms with E-state index in [9.17, 15) is 4.79 Å². The van der Waals surface area contributed by atoms with Gasteiger partial charge in [-0.15, -0.1) is 0 Å². The van der Waals surface area contributed by atoms with Gasteiger partial charge in [-0.25, -0.2) is 0 Å². The molecule has 0 radical (unpaired) electrons. The largest absolute Gasteiger partial charge is 0.394 e. The number of carbonyl (C=O) groups excluding carboxylic acids is 1. The van der Waals surface area contributed by atoms with Crippen molar-refractivity contribution in [3.8, 4) is 0 Å². The Balaban J connectivity index is 2.67. The number of halogens is 2. The molecule has 1 rings (SSSR count). The van der Waals surface area contributed by atoms with Gasteiger partial charge in [0.05, 0.1) is 6.61 Å². The highest BCUT2D eigenvalue weighted by Gasteiger charge is 2.03. The number of aliphatic hydroxyl groups excluding tert-OH is 1. The van der Waals surface area contributed by atoms with Crippen molar-refractivity contribution in [2.24, 2.45) is 0 Å². The summed E-state index contributed by atoms with van der Waals surface area (Å²) in [5.41, 5.74) is 0.711. The highest BCUT2D eigenvalue weighted by molar-refractivity contribution is 6.35. The van der Waals surface area contributed by atoms with Gasteiger partial charge >= 0.3 is 0 Å². The molecule has 0 aliphatic rings. The maximum atomic E-state index is 11.4. The maximum Gasteiger partial charge on any atom is 0.244 e. The summed E-state index contributed by atoms with van der Waals surface area (Å²) >= 11 is 11.7. The molecule has 3 nitrogen and oxygen atoms in total. The Bertz CT molecular complexity index is 433. The van der Waals surface area contributed by atoms with Crippen LogP contribution in [0.3, 0.4) is 0 Å². The molecule has 17 heavy (non-hydrogen) atoms. The van der Waals surface area contributed by atoms with Crippen LogP contribution in [-0.2, 0) is 4.79 Å². The first-order valence-corrected chi connectivity index (χ1v) is 5.83. The minimum atomic E-state index is -0.280. The number of rotatable bonds is 4. The van der Waals surface area contributed by atoms with Crippen molar-refractivity contribution >= 4 is 35.2 Å².